The summed E-state index contributed by atoms with van der Waals surface area (Å²) in [6.45, 7) is 0. The number of thioether (sulfide) groups is 1. The molecule has 1 unspecified atom stereocenters. The number of ether oxygens (including phenoxy) is 2. The molecule has 3 aromatic rings. The average Bonchev–Trinajstić information content (AvgIpc) is 3.44. The summed E-state index contributed by atoms with van der Waals surface area (Å²) in [6, 6.07) is 16.0. The van der Waals surface area contributed by atoms with Crippen LogP contribution >= 0.6 is 11.8 Å². The summed E-state index contributed by atoms with van der Waals surface area (Å²) in [6.07, 6.45) is 1.45. The number of rotatable bonds is 6. The second-order valence-corrected chi connectivity index (χ2v) is 7.55. The van der Waals surface area contributed by atoms with Gasteiger partial charge in [-0.3, -0.25) is 14.5 Å². The summed E-state index contributed by atoms with van der Waals surface area (Å²) >= 11 is 1.49. The van der Waals surface area contributed by atoms with E-state index in [2.05, 4.69) is 5.32 Å². The lowest BCUT2D eigenvalue weighted by molar-refractivity contribution is -0.115. The largest absolute Gasteiger partial charge is 0.497 e. The molecule has 0 spiro atoms. The van der Waals surface area contributed by atoms with Crippen molar-refractivity contribution in [2.24, 2.45) is 0 Å². The molecule has 4 rings (SSSR count). The van der Waals surface area contributed by atoms with Crippen LogP contribution in [0.1, 0.15) is 21.5 Å². The monoisotopic (exact) mass is 424 g/mol. The number of benzene rings is 2. The molecule has 2 aromatic carbocycles. The molecule has 2 heterocycles. The van der Waals surface area contributed by atoms with Gasteiger partial charge in [-0.2, -0.15) is 0 Å². The molecular formula is C22H20N2O5S. The lowest BCUT2D eigenvalue weighted by atomic mass is 10.1. The molecule has 1 atom stereocenters. The summed E-state index contributed by atoms with van der Waals surface area (Å²) < 4.78 is 16.0. The van der Waals surface area contributed by atoms with Crippen molar-refractivity contribution in [2.45, 2.75) is 5.37 Å². The second kappa shape index (κ2) is 8.54. The third kappa shape index (κ3) is 3.73. The lowest BCUT2D eigenvalue weighted by Crippen LogP contribution is -2.29. The van der Waals surface area contributed by atoms with Gasteiger partial charge in [-0.15, -0.1) is 11.8 Å². The number of furan rings is 1. The van der Waals surface area contributed by atoms with E-state index in [9.17, 15) is 9.59 Å². The van der Waals surface area contributed by atoms with E-state index in [1.165, 1.54) is 18.0 Å². The van der Waals surface area contributed by atoms with Gasteiger partial charge in [0.1, 0.15) is 16.9 Å². The van der Waals surface area contributed by atoms with Crippen molar-refractivity contribution in [3.8, 4) is 11.5 Å². The van der Waals surface area contributed by atoms with Crippen LogP contribution in [0.25, 0.3) is 0 Å². The summed E-state index contributed by atoms with van der Waals surface area (Å²) in [5, 5.41) is 2.56. The van der Waals surface area contributed by atoms with Crippen molar-refractivity contribution in [3.63, 3.8) is 0 Å². The number of para-hydroxylation sites is 1. The van der Waals surface area contributed by atoms with Crippen molar-refractivity contribution in [3.05, 3.63) is 72.2 Å². The second-order valence-electron chi connectivity index (χ2n) is 6.48. The van der Waals surface area contributed by atoms with E-state index in [1.54, 1.807) is 49.5 Å². The highest BCUT2D eigenvalue weighted by atomic mass is 32.2. The lowest BCUT2D eigenvalue weighted by Gasteiger charge is -2.27. The molecule has 0 bridgehead atoms. The van der Waals surface area contributed by atoms with Gasteiger partial charge in [0.05, 0.1) is 31.9 Å². The minimum absolute atomic E-state index is 0.0411. The predicted octanol–water partition coefficient (Wildman–Crippen LogP) is 4.33. The van der Waals surface area contributed by atoms with Gasteiger partial charge >= 0.3 is 0 Å². The van der Waals surface area contributed by atoms with Gasteiger partial charge in [-0.1, -0.05) is 18.2 Å². The van der Waals surface area contributed by atoms with E-state index in [-0.39, 0.29) is 22.9 Å². The van der Waals surface area contributed by atoms with Gasteiger partial charge in [-0.25, -0.2) is 0 Å². The van der Waals surface area contributed by atoms with E-state index >= 15 is 0 Å². The molecule has 1 N–H and O–H groups in total. The summed E-state index contributed by atoms with van der Waals surface area (Å²) in [7, 11) is 3.13. The van der Waals surface area contributed by atoms with Gasteiger partial charge in [0.15, 0.2) is 5.76 Å². The maximum atomic E-state index is 12.8. The minimum atomic E-state index is -0.352. The fourth-order valence-corrected chi connectivity index (χ4v) is 4.52. The SMILES string of the molecule is COc1ccc(N2C(=O)CSC2c2ccccc2NC(=O)c2ccco2)c(OC)c1. The average molecular weight is 424 g/mol. The number of methoxy groups -OCH3 is 2. The third-order valence-corrected chi connectivity index (χ3v) is 5.93. The highest BCUT2D eigenvalue weighted by molar-refractivity contribution is 8.00. The Hall–Kier alpha value is -3.39. The van der Waals surface area contributed by atoms with Crippen molar-refractivity contribution in [1.29, 1.82) is 0 Å². The molecule has 0 aliphatic carbocycles. The number of hydrogen-bond donors (Lipinski definition) is 1. The fourth-order valence-electron chi connectivity index (χ4n) is 3.32. The Labute approximate surface area is 178 Å². The van der Waals surface area contributed by atoms with Crippen molar-refractivity contribution in [2.75, 3.05) is 30.2 Å². The molecule has 1 aromatic heterocycles. The Kier molecular flexibility index (Phi) is 5.67. The van der Waals surface area contributed by atoms with Crippen LogP contribution in [0, 0.1) is 0 Å². The van der Waals surface area contributed by atoms with E-state index in [0.717, 1.165) is 5.56 Å². The zero-order valence-electron chi connectivity index (χ0n) is 16.5. The van der Waals surface area contributed by atoms with Crippen molar-refractivity contribution in [1.82, 2.24) is 0 Å². The molecule has 1 saturated heterocycles. The quantitative estimate of drug-likeness (QED) is 0.634. The van der Waals surface area contributed by atoms with E-state index in [4.69, 9.17) is 13.9 Å². The molecule has 8 heteroatoms. The minimum Gasteiger partial charge on any atom is -0.497 e. The summed E-state index contributed by atoms with van der Waals surface area (Å²) in [4.78, 5) is 27.0. The van der Waals surface area contributed by atoms with Crippen LogP contribution in [0.15, 0.2) is 65.3 Å². The molecular weight excluding hydrogens is 404 g/mol. The first-order valence-corrected chi connectivity index (χ1v) is 10.3. The normalized spacial score (nSPS) is 15.9. The highest BCUT2D eigenvalue weighted by Crippen LogP contribution is 2.47. The highest BCUT2D eigenvalue weighted by Gasteiger charge is 2.37. The van der Waals surface area contributed by atoms with Crippen LogP contribution in [0.2, 0.25) is 0 Å². The number of amides is 2. The van der Waals surface area contributed by atoms with Gasteiger partial charge in [-0.05, 0) is 30.3 Å². The van der Waals surface area contributed by atoms with Crippen molar-refractivity contribution < 1.29 is 23.5 Å². The third-order valence-electron chi connectivity index (χ3n) is 4.73. The number of carbonyl (C=O) groups is 2. The van der Waals surface area contributed by atoms with Crippen LogP contribution in [0.5, 0.6) is 11.5 Å². The van der Waals surface area contributed by atoms with E-state index in [0.29, 0.717) is 28.6 Å². The summed E-state index contributed by atoms with van der Waals surface area (Å²) in [5.74, 6) is 1.31. The van der Waals surface area contributed by atoms with Crippen LogP contribution in [0.4, 0.5) is 11.4 Å². The van der Waals surface area contributed by atoms with Crippen LogP contribution in [-0.4, -0.2) is 31.8 Å². The molecule has 1 aliphatic rings. The Bertz CT molecular complexity index is 1070. The van der Waals surface area contributed by atoms with Crippen molar-refractivity contribution >= 4 is 35.0 Å². The maximum absolute atomic E-state index is 12.8. The smallest absolute Gasteiger partial charge is 0.291 e. The van der Waals surface area contributed by atoms with Gasteiger partial charge in [0, 0.05) is 17.3 Å². The van der Waals surface area contributed by atoms with Gasteiger partial charge in [0.2, 0.25) is 5.91 Å². The first kappa shape index (κ1) is 19.9. The zero-order chi connectivity index (χ0) is 21.1. The van der Waals surface area contributed by atoms with E-state index in [1.807, 2.05) is 24.3 Å². The standard InChI is InChI=1S/C22H20N2O5S/c1-27-14-9-10-17(19(12-14)28-2)24-20(25)13-30-22(24)15-6-3-4-7-16(15)23-21(26)18-8-5-11-29-18/h3-12,22H,13H2,1-2H3,(H,23,26). The van der Waals surface area contributed by atoms with Gasteiger partial charge in [0.25, 0.3) is 5.91 Å². The molecule has 30 heavy (non-hydrogen) atoms. The number of hydrogen-bond acceptors (Lipinski definition) is 6. The fraction of sp³-hybridized carbons (Fsp3) is 0.182. The Morgan fingerprint density at radius 3 is 2.70 bits per heavy atom. The van der Waals surface area contributed by atoms with Crippen LogP contribution < -0.4 is 19.7 Å². The molecule has 2 amide bonds. The molecule has 7 nitrogen and oxygen atoms in total. The number of carbonyl (C=O) groups excluding carboxylic acids is 2. The first-order chi connectivity index (χ1) is 14.6. The van der Waals surface area contributed by atoms with Crippen LogP contribution in [-0.2, 0) is 4.79 Å². The van der Waals surface area contributed by atoms with Crippen LogP contribution in [0.3, 0.4) is 0 Å². The zero-order valence-corrected chi connectivity index (χ0v) is 17.3. The van der Waals surface area contributed by atoms with Gasteiger partial charge < -0.3 is 19.2 Å². The first-order valence-electron chi connectivity index (χ1n) is 9.22. The predicted molar refractivity (Wildman–Crippen MR) is 115 cm³/mol. The molecule has 0 radical (unpaired) electrons. The number of nitrogens with zero attached hydrogens (tertiary/aromatic N) is 1. The molecule has 154 valence electrons. The number of nitrogens with one attached hydrogen (secondary N) is 1. The topological polar surface area (TPSA) is 81.0 Å². The maximum Gasteiger partial charge on any atom is 0.291 e. The molecule has 1 fully saturated rings. The molecule has 0 saturated carbocycles. The van der Waals surface area contributed by atoms with E-state index < -0.39 is 0 Å². The Morgan fingerprint density at radius 1 is 1.13 bits per heavy atom. The Balaban J connectivity index is 1.70. The summed E-state index contributed by atoms with van der Waals surface area (Å²) in [5.41, 5.74) is 2.07. The molecule has 1 aliphatic heterocycles. The number of anilines is 2. The Morgan fingerprint density at radius 2 is 1.97 bits per heavy atom.